The Kier molecular flexibility index (Phi) is 6.63. The summed E-state index contributed by atoms with van der Waals surface area (Å²) in [5.74, 6) is 1.87. The number of benzene rings is 2. The molecular weight excluding hydrogens is 370 g/mol. The maximum atomic E-state index is 12.4. The van der Waals surface area contributed by atoms with Crippen LogP contribution in [0, 0.1) is 0 Å². The fourth-order valence-electron chi connectivity index (χ4n) is 2.65. The minimum Gasteiger partial charge on any atom is -0.497 e. The molecule has 1 N–H and O–H groups in total. The number of ether oxygens (including phenoxy) is 3. The highest BCUT2D eigenvalue weighted by Crippen LogP contribution is 2.21. The van der Waals surface area contributed by atoms with Gasteiger partial charge in [-0.15, -0.1) is 0 Å². The summed E-state index contributed by atoms with van der Waals surface area (Å²) in [5.41, 5.74) is 2.42. The largest absolute Gasteiger partial charge is 0.497 e. The quantitative estimate of drug-likeness (QED) is 0.633. The molecule has 0 saturated heterocycles. The lowest BCUT2D eigenvalue weighted by atomic mass is 10.1. The second-order valence-electron chi connectivity index (χ2n) is 6.28. The van der Waals surface area contributed by atoms with E-state index in [2.05, 4.69) is 15.3 Å². The van der Waals surface area contributed by atoms with Gasteiger partial charge >= 0.3 is 0 Å². The van der Waals surface area contributed by atoms with Crippen LogP contribution in [-0.2, 0) is 11.3 Å². The molecule has 0 bridgehead atoms. The van der Waals surface area contributed by atoms with Gasteiger partial charge in [-0.25, -0.2) is 9.97 Å². The molecule has 0 aliphatic rings. The van der Waals surface area contributed by atoms with Crippen LogP contribution < -0.4 is 19.5 Å². The number of methoxy groups -OCH3 is 2. The first-order chi connectivity index (χ1) is 14.1. The standard InChI is InChI=1S/C22H23N3O4/c1-15(29-20-10-8-19(28-3)9-11-20)22(26)23-13-17-12-21(25-14-24-17)16-4-6-18(27-2)7-5-16/h4-12,14-15H,13H2,1-3H3,(H,23,26). The van der Waals surface area contributed by atoms with Crippen molar-refractivity contribution in [1.82, 2.24) is 15.3 Å². The minimum absolute atomic E-state index is 0.231. The van der Waals surface area contributed by atoms with Crippen molar-refractivity contribution >= 4 is 5.91 Å². The van der Waals surface area contributed by atoms with Gasteiger partial charge in [-0.2, -0.15) is 0 Å². The molecule has 1 aromatic heterocycles. The van der Waals surface area contributed by atoms with E-state index in [1.54, 1.807) is 45.4 Å². The van der Waals surface area contributed by atoms with Gasteiger partial charge in [0.25, 0.3) is 5.91 Å². The van der Waals surface area contributed by atoms with Gasteiger partial charge in [-0.1, -0.05) is 0 Å². The van der Waals surface area contributed by atoms with Gasteiger partial charge in [0.05, 0.1) is 32.2 Å². The van der Waals surface area contributed by atoms with Crippen LogP contribution in [-0.4, -0.2) is 36.2 Å². The van der Waals surface area contributed by atoms with E-state index in [4.69, 9.17) is 14.2 Å². The Morgan fingerprint density at radius 3 is 2.14 bits per heavy atom. The molecule has 7 nitrogen and oxygen atoms in total. The molecule has 0 spiro atoms. The van der Waals surface area contributed by atoms with E-state index in [-0.39, 0.29) is 12.5 Å². The van der Waals surface area contributed by atoms with E-state index in [1.165, 1.54) is 6.33 Å². The number of rotatable bonds is 8. The van der Waals surface area contributed by atoms with Gasteiger partial charge in [0.1, 0.15) is 23.6 Å². The fraction of sp³-hybridized carbons (Fsp3) is 0.227. The van der Waals surface area contributed by atoms with Crippen molar-refractivity contribution in [2.45, 2.75) is 19.6 Å². The van der Waals surface area contributed by atoms with Crippen molar-refractivity contribution in [3.05, 3.63) is 66.6 Å². The summed E-state index contributed by atoms with van der Waals surface area (Å²) in [5, 5.41) is 2.84. The molecule has 29 heavy (non-hydrogen) atoms. The molecule has 0 aliphatic heterocycles. The highest BCUT2D eigenvalue weighted by Gasteiger charge is 2.15. The van der Waals surface area contributed by atoms with Crippen molar-refractivity contribution in [2.24, 2.45) is 0 Å². The molecule has 3 rings (SSSR count). The molecule has 1 amide bonds. The number of nitrogens with zero attached hydrogens (tertiary/aromatic N) is 2. The summed E-state index contributed by atoms with van der Waals surface area (Å²) >= 11 is 0. The van der Waals surface area contributed by atoms with Crippen LogP contribution in [0.5, 0.6) is 17.2 Å². The average molecular weight is 393 g/mol. The Labute approximate surface area is 169 Å². The third-order valence-electron chi connectivity index (χ3n) is 4.29. The lowest BCUT2D eigenvalue weighted by molar-refractivity contribution is -0.127. The van der Waals surface area contributed by atoms with Crippen molar-refractivity contribution in [1.29, 1.82) is 0 Å². The van der Waals surface area contributed by atoms with E-state index in [0.29, 0.717) is 11.4 Å². The lowest BCUT2D eigenvalue weighted by Crippen LogP contribution is -2.36. The van der Waals surface area contributed by atoms with Gasteiger partial charge in [-0.3, -0.25) is 4.79 Å². The topological polar surface area (TPSA) is 82.6 Å². The lowest BCUT2D eigenvalue weighted by Gasteiger charge is -2.15. The molecule has 1 atom stereocenters. The predicted molar refractivity (Wildman–Crippen MR) is 109 cm³/mol. The van der Waals surface area contributed by atoms with Crippen LogP contribution in [0.25, 0.3) is 11.3 Å². The average Bonchev–Trinajstić information content (AvgIpc) is 2.78. The van der Waals surface area contributed by atoms with Gasteiger partial charge in [0.2, 0.25) is 0 Å². The van der Waals surface area contributed by atoms with Gasteiger partial charge < -0.3 is 19.5 Å². The first kappa shape index (κ1) is 20.1. The van der Waals surface area contributed by atoms with E-state index in [0.717, 1.165) is 22.8 Å². The Balaban J connectivity index is 1.57. The summed E-state index contributed by atoms with van der Waals surface area (Å²) in [6.07, 6.45) is 0.838. The van der Waals surface area contributed by atoms with E-state index in [9.17, 15) is 4.79 Å². The number of hydrogen-bond acceptors (Lipinski definition) is 6. The first-order valence-electron chi connectivity index (χ1n) is 9.13. The van der Waals surface area contributed by atoms with Crippen molar-refractivity contribution < 1.29 is 19.0 Å². The second-order valence-corrected chi connectivity index (χ2v) is 6.28. The van der Waals surface area contributed by atoms with Crippen molar-refractivity contribution in [3.8, 4) is 28.5 Å². The zero-order chi connectivity index (χ0) is 20.6. The number of amides is 1. The van der Waals surface area contributed by atoms with Gasteiger partial charge in [0, 0.05) is 5.56 Å². The molecule has 2 aromatic carbocycles. The molecule has 0 radical (unpaired) electrons. The number of carbonyl (C=O) groups excluding carboxylic acids is 1. The van der Waals surface area contributed by atoms with Crippen molar-refractivity contribution in [2.75, 3.05) is 14.2 Å². The molecule has 0 aliphatic carbocycles. The highest BCUT2D eigenvalue weighted by atomic mass is 16.5. The van der Waals surface area contributed by atoms with Crippen LogP contribution in [0.1, 0.15) is 12.6 Å². The third kappa shape index (κ3) is 5.44. The monoisotopic (exact) mass is 393 g/mol. The Hall–Kier alpha value is -3.61. The molecule has 7 heteroatoms. The second kappa shape index (κ2) is 9.54. The maximum absolute atomic E-state index is 12.4. The zero-order valence-corrected chi connectivity index (χ0v) is 16.6. The fourth-order valence-corrected chi connectivity index (χ4v) is 2.65. The predicted octanol–water partition coefficient (Wildman–Crippen LogP) is 3.24. The summed E-state index contributed by atoms with van der Waals surface area (Å²) in [6, 6.07) is 16.5. The first-order valence-corrected chi connectivity index (χ1v) is 9.13. The minimum atomic E-state index is -0.647. The van der Waals surface area contributed by atoms with Crippen LogP contribution in [0.4, 0.5) is 0 Å². The van der Waals surface area contributed by atoms with Gasteiger partial charge in [0.15, 0.2) is 6.10 Å². The third-order valence-corrected chi connectivity index (χ3v) is 4.29. The Bertz CT molecular complexity index is 943. The smallest absolute Gasteiger partial charge is 0.261 e. The Morgan fingerprint density at radius 1 is 0.931 bits per heavy atom. The molecule has 150 valence electrons. The molecule has 1 heterocycles. The van der Waals surface area contributed by atoms with Crippen LogP contribution in [0.3, 0.4) is 0 Å². The molecular formula is C22H23N3O4. The van der Waals surface area contributed by atoms with Crippen LogP contribution >= 0.6 is 0 Å². The number of aromatic nitrogens is 2. The summed E-state index contributed by atoms with van der Waals surface area (Å²) in [4.78, 5) is 20.9. The van der Waals surface area contributed by atoms with Crippen molar-refractivity contribution in [3.63, 3.8) is 0 Å². The van der Waals surface area contributed by atoms with Crippen LogP contribution in [0.2, 0.25) is 0 Å². The summed E-state index contributed by atoms with van der Waals surface area (Å²) in [7, 11) is 3.22. The number of carbonyl (C=O) groups is 1. The van der Waals surface area contributed by atoms with E-state index >= 15 is 0 Å². The summed E-state index contributed by atoms with van der Waals surface area (Å²) < 4.78 is 15.9. The summed E-state index contributed by atoms with van der Waals surface area (Å²) in [6.45, 7) is 1.98. The maximum Gasteiger partial charge on any atom is 0.261 e. The molecule has 1 unspecified atom stereocenters. The molecule has 0 fully saturated rings. The van der Waals surface area contributed by atoms with E-state index < -0.39 is 6.10 Å². The molecule has 0 saturated carbocycles. The van der Waals surface area contributed by atoms with Gasteiger partial charge in [-0.05, 0) is 61.5 Å². The Morgan fingerprint density at radius 2 is 1.52 bits per heavy atom. The highest BCUT2D eigenvalue weighted by molar-refractivity contribution is 5.80. The van der Waals surface area contributed by atoms with Crippen LogP contribution in [0.15, 0.2) is 60.9 Å². The molecule has 3 aromatic rings. The van der Waals surface area contributed by atoms with E-state index in [1.807, 2.05) is 30.3 Å². The zero-order valence-electron chi connectivity index (χ0n) is 16.6. The number of nitrogens with one attached hydrogen (secondary N) is 1. The normalized spacial score (nSPS) is 11.4. The SMILES string of the molecule is COc1ccc(OC(C)C(=O)NCc2cc(-c3ccc(OC)cc3)ncn2)cc1. The number of hydrogen-bond donors (Lipinski definition) is 1.